The summed E-state index contributed by atoms with van der Waals surface area (Å²) in [5.74, 6) is 0.625. The maximum atomic E-state index is 13.0. The van der Waals surface area contributed by atoms with E-state index in [1.54, 1.807) is 35.2 Å². The Balaban J connectivity index is 1.14. The number of H-pyrrole nitrogens is 1. The normalized spacial score (nSPS) is 19.4. The molecule has 2 aliphatic heterocycles. The highest BCUT2D eigenvalue weighted by Crippen LogP contribution is 2.32. The summed E-state index contributed by atoms with van der Waals surface area (Å²) in [6, 6.07) is 16.0. The van der Waals surface area contributed by atoms with E-state index in [0.717, 1.165) is 29.7 Å². The van der Waals surface area contributed by atoms with Crippen LogP contribution < -0.4 is 0 Å². The van der Waals surface area contributed by atoms with Crippen molar-refractivity contribution >= 4 is 32.9 Å². The molecule has 184 valence electrons. The highest BCUT2D eigenvalue weighted by Gasteiger charge is 2.33. The molecule has 1 atom stereocenters. The van der Waals surface area contributed by atoms with Crippen LogP contribution in [0.5, 0.6) is 0 Å². The maximum Gasteiger partial charge on any atom is 0.243 e. The van der Waals surface area contributed by atoms with Crippen molar-refractivity contribution < 1.29 is 18.0 Å². The number of para-hydroxylation sites is 2. The number of carbonyl (C=O) groups is 2. The lowest BCUT2D eigenvalue weighted by atomic mass is 10.2. The van der Waals surface area contributed by atoms with Crippen molar-refractivity contribution in [2.75, 3.05) is 32.7 Å². The molecule has 0 bridgehead atoms. The van der Waals surface area contributed by atoms with E-state index in [9.17, 15) is 18.0 Å². The van der Waals surface area contributed by atoms with Crippen LogP contribution in [0.1, 0.15) is 37.5 Å². The zero-order valence-electron chi connectivity index (χ0n) is 19.5. The molecule has 0 spiro atoms. The molecule has 2 amide bonds. The first-order chi connectivity index (χ1) is 16.9. The van der Waals surface area contributed by atoms with Gasteiger partial charge in [-0.15, -0.1) is 0 Å². The molecule has 2 aliphatic rings. The molecule has 35 heavy (non-hydrogen) atoms. The third-order valence-electron chi connectivity index (χ3n) is 6.82. The van der Waals surface area contributed by atoms with Crippen molar-refractivity contribution in [2.45, 2.75) is 36.6 Å². The van der Waals surface area contributed by atoms with Crippen LogP contribution in [0, 0.1) is 0 Å². The fourth-order valence-electron chi connectivity index (χ4n) is 4.91. The molecular formula is C25H29N5O4S. The molecule has 3 heterocycles. The minimum absolute atomic E-state index is 0.0494. The molecule has 9 nitrogen and oxygen atoms in total. The molecule has 0 aliphatic carbocycles. The van der Waals surface area contributed by atoms with E-state index in [0.29, 0.717) is 19.6 Å². The SMILES string of the molecule is O=C(CCC(=O)N1CCC[C@@H]1c1nc2ccccc2[nH]1)N1CCN(S(=O)(=O)c2ccccc2)CC1. The minimum Gasteiger partial charge on any atom is -0.340 e. The first-order valence-corrected chi connectivity index (χ1v) is 13.4. The topological polar surface area (TPSA) is 107 Å². The number of imidazole rings is 1. The summed E-state index contributed by atoms with van der Waals surface area (Å²) in [4.78, 5) is 37.5. The van der Waals surface area contributed by atoms with Crippen molar-refractivity contribution in [3.63, 3.8) is 0 Å². The lowest BCUT2D eigenvalue weighted by Gasteiger charge is -2.34. The summed E-state index contributed by atoms with van der Waals surface area (Å²) < 4.78 is 27.0. The summed E-state index contributed by atoms with van der Waals surface area (Å²) in [5.41, 5.74) is 1.83. The average Bonchev–Trinajstić information content (AvgIpc) is 3.55. The van der Waals surface area contributed by atoms with E-state index in [4.69, 9.17) is 0 Å². The second-order valence-electron chi connectivity index (χ2n) is 8.98. The highest BCUT2D eigenvalue weighted by molar-refractivity contribution is 7.89. The lowest BCUT2D eigenvalue weighted by Crippen LogP contribution is -2.50. The molecule has 2 fully saturated rings. The zero-order valence-corrected chi connectivity index (χ0v) is 20.3. The third-order valence-corrected chi connectivity index (χ3v) is 8.73. The van der Waals surface area contributed by atoms with Crippen LogP contribution in [0.3, 0.4) is 0 Å². The van der Waals surface area contributed by atoms with Crippen molar-refractivity contribution in [1.29, 1.82) is 0 Å². The molecule has 1 aromatic heterocycles. The van der Waals surface area contributed by atoms with E-state index in [-0.39, 0.29) is 48.7 Å². The zero-order chi connectivity index (χ0) is 24.4. The van der Waals surface area contributed by atoms with E-state index in [1.165, 1.54) is 4.31 Å². The van der Waals surface area contributed by atoms with Gasteiger partial charge >= 0.3 is 0 Å². The average molecular weight is 496 g/mol. The second kappa shape index (κ2) is 9.79. The van der Waals surface area contributed by atoms with Gasteiger partial charge in [-0.3, -0.25) is 9.59 Å². The Kier molecular flexibility index (Phi) is 6.57. The Labute approximate surface area is 204 Å². The number of amides is 2. The summed E-state index contributed by atoms with van der Waals surface area (Å²) >= 11 is 0. The quantitative estimate of drug-likeness (QED) is 0.566. The van der Waals surface area contributed by atoms with Crippen LogP contribution >= 0.6 is 0 Å². The summed E-state index contributed by atoms with van der Waals surface area (Å²) in [6.07, 6.45) is 2.00. The number of aromatic amines is 1. The van der Waals surface area contributed by atoms with Gasteiger partial charge in [-0.25, -0.2) is 13.4 Å². The number of hydrogen-bond acceptors (Lipinski definition) is 5. The number of piperazine rings is 1. The largest absolute Gasteiger partial charge is 0.340 e. The van der Waals surface area contributed by atoms with Gasteiger partial charge < -0.3 is 14.8 Å². The predicted octanol–water partition coefficient (Wildman–Crippen LogP) is 2.54. The molecule has 5 rings (SSSR count). The van der Waals surface area contributed by atoms with E-state index < -0.39 is 10.0 Å². The number of hydrogen-bond donors (Lipinski definition) is 1. The Morgan fingerprint density at radius 3 is 2.31 bits per heavy atom. The monoisotopic (exact) mass is 495 g/mol. The summed E-state index contributed by atoms with van der Waals surface area (Å²) in [7, 11) is -3.56. The molecule has 1 N–H and O–H groups in total. The second-order valence-corrected chi connectivity index (χ2v) is 10.9. The number of benzene rings is 2. The number of nitrogens with one attached hydrogen (secondary N) is 1. The number of carbonyl (C=O) groups excluding carboxylic acids is 2. The van der Waals surface area contributed by atoms with Crippen LogP contribution in [0.25, 0.3) is 11.0 Å². The van der Waals surface area contributed by atoms with Crippen LogP contribution in [0.2, 0.25) is 0 Å². The third kappa shape index (κ3) is 4.81. The lowest BCUT2D eigenvalue weighted by molar-refractivity contribution is -0.138. The number of rotatable bonds is 6. The Hall–Kier alpha value is -3.24. The molecular weight excluding hydrogens is 466 g/mol. The first kappa shape index (κ1) is 23.5. The maximum absolute atomic E-state index is 13.0. The molecule has 3 aromatic rings. The smallest absolute Gasteiger partial charge is 0.243 e. The van der Waals surface area contributed by atoms with Crippen LogP contribution in [0.4, 0.5) is 0 Å². The van der Waals surface area contributed by atoms with Gasteiger partial charge in [0.1, 0.15) is 5.82 Å². The van der Waals surface area contributed by atoms with Crippen LogP contribution in [-0.4, -0.2) is 77.0 Å². The molecule has 2 aromatic carbocycles. The van der Waals surface area contributed by atoms with Crippen LogP contribution in [-0.2, 0) is 19.6 Å². The Morgan fingerprint density at radius 2 is 1.57 bits per heavy atom. The number of sulfonamides is 1. The number of aromatic nitrogens is 2. The summed E-state index contributed by atoms with van der Waals surface area (Å²) in [5, 5.41) is 0. The van der Waals surface area contributed by atoms with Crippen molar-refractivity contribution in [3.8, 4) is 0 Å². The Bertz CT molecular complexity index is 1280. The fourth-order valence-corrected chi connectivity index (χ4v) is 6.36. The van der Waals surface area contributed by atoms with Crippen molar-refractivity contribution in [1.82, 2.24) is 24.1 Å². The minimum atomic E-state index is -3.56. The molecule has 10 heteroatoms. The molecule has 2 saturated heterocycles. The van der Waals surface area contributed by atoms with E-state index in [2.05, 4.69) is 9.97 Å². The number of fused-ring (bicyclic) bond motifs is 1. The van der Waals surface area contributed by atoms with Gasteiger partial charge in [0.25, 0.3) is 0 Å². The van der Waals surface area contributed by atoms with Gasteiger partial charge in [-0.05, 0) is 37.1 Å². The van der Waals surface area contributed by atoms with Crippen molar-refractivity contribution in [3.05, 3.63) is 60.4 Å². The fraction of sp³-hybridized carbons (Fsp3) is 0.400. The molecule has 0 radical (unpaired) electrons. The Morgan fingerprint density at radius 1 is 0.886 bits per heavy atom. The first-order valence-electron chi connectivity index (χ1n) is 12.0. The van der Waals surface area contributed by atoms with Gasteiger partial charge in [0.15, 0.2) is 0 Å². The predicted molar refractivity (Wildman–Crippen MR) is 131 cm³/mol. The van der Waals surface area contributed by atoms with Gasteiger partial charge in [0.05, 0.1) is 22.0 Å². The summed E-state index contributed by atoms with van der Waals surface area (Å²) in [6.45, 7) is 1.80. The molecule has 0 saturated carbocycles. The number of nitrogens with zero attached hydrogens (tertiary/aromatic N) is 4. The van der Waals surface area contributed by atoms with Gasteiger partial charge in [-0.1, -0.05) is 30.3 Å². The van der Waals surface area contributed by atoms with E-state index >= 15 is 0 Å². The van der Waals surface area contributed by atoms with Gasteiger partial charge in [0, 0.05) is 45.6 Å². The van der Waals surface area contributed by atoms with Crippen LogP contribution in [0.15, 0.2) is 59.5 Å². The van der Waals surface area contributed by atoms with Gasteiger partial charge in [0.2, 0.25) is 21.8 Å². The van der Waals surface area contributed by atoms with Crippen molar-refractivity contribution in [2.24, 2.45) is 0 Å². The number of likely N-dealkylation sites (tertiary alicyclic amines) is 1. The van der Waals surface area contributed by atoms with E-state index in [1.807, 2.05) is 29.2 Å². The highest BCUT2D eigenvalue weighted by atomic mass is 32.2. The standard InChI is InChI=1S/C25H29N5O4S/c31-23(28-15-17-29(18-16-28)35(33,34)19-7-2-1-3-8-19)12-13-24(32)30-14-6-11-22(30)25-26-20-9-4-5-10-21(20)27-25/h1-5,7-10,22H,6,11-18H2,(H,26,27)/t22-/m1/s1. The van der Waals surface area contributed by atoms with Gasteiger partial charge in [-0.2, -0.15) is 4.31 Å². The molecule has 0 unspecified atom stereocenters.